The Morgan fingerprint density at radius 2 is 1.84 bits per heavy atom. The molecule has 0 bridgehead atoms. The Morgan fingerprint density at radius 3 is 2.44 bits per heavy atom. The summed E-state index contributed by atoms with van der Waals surface area (Å²) in [7, 11) is 1.83. The van der Waals surface area contributed by atoms with Gasteiger partial charge in [-0.2, -0.15) is 0 Å². The molecule has 0 fully saturated rings. The highest BCUT2D eigenvalue weighted by molar-refractivity contribution is 14.0. The summed E-state index contributed by atoms with van der Waals surface area (Å²) in [6.07, 6.45) is 8.08. The molecule has 0 saturated heterocycles. The molecular formula is C17H36IN7. The van der Waals surface area contributed by atoms with Gasteiger partial charge in [0, 0.05) is 26.2 Å². The Labute approximate surface area is 170 Å². The van der Waals surface area contributed by atoms with Crippen LogP contribution in [0.25, 0.3) is 0 Å². The van der Waals surface area contributed by atoms with Gasteiger partial charge in [-0.1, -0.05) is 13.8 Å². The zero-order valence-corrected chi connectivity index (χ0v) is 18.6. The summed E-state index contributed by atoms with van der Waals surface area (Å²) in [6, 6.07) is 0.434. The van der Waals surface area contributed by atoms with Crippen molar-refractivity contribution in [2.45, 2.75) is 59.0 Å². The third-order valence-electron chi connectivity index (χ3n) is 4.21. The van der Waals surface area contributed by atoms with Crippen molar-refractivity contribution in [3.63, 3.8) is 0 Å². The molecule has 0 spiro atoms. The molecule has 0 radical (unpaired) electrons. The van der Waals surface area contributed by atoms with Crippen LogP contribution in [0.15, 0.2) is 17.6 Å². The van der Waals surface area contributed by atoms with Gasteiger partial charge in [0.2, 0.25) is 0 Å². The van der Waals surface area contributed by atoms with Gasteiger partial charge in [0.15, 0.2) is 5.96 Å². The second kappa shape index (κ2) is 15.4. The molecule has 1 unspecified atom stereocenters. The Hall–Kier alpha value is -0.900. The highest BCUT2D eigenvalue weighted by atomic mass is 127. The van der Waals surface area contributed by atoms with E-state index in [2.05, 4.69) is 51.5 Å². The van der Waals surface area contributed by atoms with Gasteiger partial charge >= 0.3 is 0 Å². The Bertz CT molecular complexity index is 432. The highest BCUT2D eigenvalue weighted by Gasteiger charge is 2.06. The molecule has 25 heavy (non-hydrogen) atoms. The normalized spacial score (nSPS) is 12.8. The minimum Gasteiger partial charge on any atom is -0.356 e. The Morgan fingerprint density at radius 1 is 1.16 bits per heavy atom. The number of hydrogen-bond acceptors (Lipinski definition) is 4. The van der Waals surface area contributed by atoms with Crippen molar-refractivity contribution in [2.24, 2.45) is 4.99 Å². The molecule has 0 amide bonds. The molecule has 0 saturated carbocycles. The number of nitrogens with zero attached hydrogens (tertiary/aromatic N) is 5. The van der Waals surface area contributed by atoms with E-state index >= 15 is 0 Å². The van der Waals surface area contributed by atoms with Gasteiger partial charge in [-0.3, -0.25) is 4.99 Å². The second-order valence-electron chi connectivity index (χ2n) is 6.12. The van der Waals surface area contributed by atoms with Crippen molar-refractivity contribution in [3.8, 4) is 0 Å². The number of guanidine groups is 1. The van der Waals surface area contributed by atoms with Crippen LogP contribution in [0.4, 0.5) is 0 Å². The predicted octanol–water partition coefficient (Wildman–Crippen LogP) is 2.35. The molecule has 1 aromatic heterocycles. The predicted molar refractivity (Wildman–Crippen MR) is 116 cm³/mol. The fourth-order valence-corrected chi connectivity index (χ4v) is 2.62. The second-order valence-corrected chi connectivity index (χ2v) is 6.12. The van der Waals surface area contributed by atoms with E-state index in [1.807, 2.05) is 11.6 Å². The summed E-state index contributed by atoms with van der Waals surface area (Å²) in [4.78, 5) is 6.78. The summed E-state index contributed by atoms with van der Waals surface area (Å²) in [6.45, 7) is 12.0. The van der Waals surface area contributed by atoms with Crippen molar-refractivity contribution >= 4 is 29.9 Å². The van der Waals surface area contributed by atoms with Crippen LogP contribution in [-0.4, -0.2) is 64.9 Å². The third kappa shape index (κ3) is 11.4. The average Bonchev–Trinajstić information content (AvgIpc) is 3.10. The molecule has 0 aromatic carbocycles. The summed E-state index contributed by atoms with van der Waals surface area (Å²) in [5.74, 6) is 0.898. The van der Waals surface area contributed by atoms with E-state index in [1.165, 1.54) is 13.0 Å². The van der Waals surface area contributed by atoms with Crippen LogP contribution < -0.4 is 10.6 Å². The first-order chi connectivity index (χ1) is 11.7. The van der Waals surface area contributed by atoms with Gasteiger partial charge in [0.25, 0.3) is 0 Å². The van der Waals surface area contributed by atoms with Crippen LogP contribution >= 0.6 is 24.0 Å². The first-order valence-electron chi connectivity index (χ1n) is 9.21. The van der Waals surface area contributed by atoms with Crippen molar-refractivity contribution in [1.29, 1.82) is 0 Å². The molecule has 7 nitrogen and oxygen atoms in total. The number of aliphatic imine (C=N–C) groups is 1. The molecule has 8 heteroatoms. The Kier molecular flexibility index (Phi) is 14.8. The number of nitrogens with one attached hydrogen (secondary N) is 2. The summed E-state index contributed by atoms with van der Waals surface area (Å²) in [5.41, 5.74) is 0. The zero-order chi connectivity index (χ0) is 17.6. The minimum absolute atomic E-state index is 0. The molecule has 0 aliphatic carbocycles. The maximum Gasteiger partial charge on any atom is 0.191 e. The quantitative estimate of drug-likeness (QED) is 0.215. The highest BCUT2D eigenvalue weighted by Crippen LogP contribution is 2.00. The summed E-state index contributed by atoms with van der Waals surface area (Å²) < 4.78 is 2.00. The van der Waals surface area contributed by atoms with Gasteiger partial charge in [0.05, 0.1) is 0 Å². The largest absolute Gasteiger partial charge is 0.356 e. The van der Waals surface area contributed by atoms with Crippen LogP contribution in [0.5, 0.6) is 0 Å². The van der Waals surface area contributed by atoms with Crippen LogP contribution in [0.1, 0.15) is 46.5 Å². The lowest BCUT2D eigenvalue weighted by molar-refractivity contribution is 0.292. The maximum absolute atomic E-state index is 4.31. The lowest BCUT2D eigenvalue weighted by Gasteiger charge is -2.21. The molecule has 0 aliphatic rings. The topological polar surface area (TPSA) is 70.4 Å². The third-order valence-corrected chi connectivity index (χ3v) is 4.21. The number of aromatic nitrogens is 3. The lowest BCUT2D eigenvalue weighted by atomic mass is 10.2. The molecule has 1 atom stereocenters. The molecule has 1 heterocycles. The van der Waals surface area contributed by atoms with E-state index < -0.39 is 0 Å². The van der Waals surface area contributed by atoms with Crippen molar-refractivity contribution in [3.05, 3.63) is 12.7 Å². The van der Waals surface area contributed by atoms with E-state index in [0.29, 0.717) is 6.04 Å². The van der Waals surface area contributed by atoms with Gasteiger partial charge in [-0.05, 0) is 52.2 Å². The average molecular weight is 465 g/mol. The van der Waals surface area contributed by atoms with Crippen LogP contribution in [0.2, 0.25) is 0 Å². The number of hydrogen-bond donors (Lipinski definition) is 2. The van der Waals surface area contributed by atoms with Crippen molar-refractivity contribution in [1.82, 2.24) is 30.3 Å². The summed E-state index contributed by atoms with van der Waals surface area (Å²) >= 11 is 0. The molecule has 1 aromatic rings. The fraction of sp³-hybridized carbons (Fsp3) is 0.824. The first kappa shape index (κ1) is 24.1. The molecule has 0 aliphatic heterocycles. The summed E-state index contributed by atoms with van der Waals surface area (Å²) in [5, 5.41) is 14.5. The minimum atomic E-state index is 0. The van der Waals surface area contributed by atoms with Crippen molar-refractivity contribution < 1.29 is 0 Å². The fourth-order valence-electron chi connectivity index (χ4n) is 2.62. The van der Waals surface area contributed by atoms with Crippen LogP contribution in [0.3, 0.4) is 0 Å². The van der Waals surface area contributed by atoms with E-state index in [9.17, 15) is 0 Å². The Balaban J connectivity index is 0.00000576. The molecule has 146 valence electrons. The van der Waals surface area contributed by atoms with Gasteiger partial charge < -0.3 is 20.1 Å². The number of aryl methyl sites for hydroxylation is 1. The number of unbranched alkanes of at least 4 members (excludes halogenated alkanes) is 1. The van der Waals surface area contributed by atoms with E-state index in [1.54, 1.807) is 12.7 Å². The first-order valence-corrected chi connectivity index (χ1v) is 9.21. The van der Waals surface area contributed by atoms with E-state index in [-0.39, 0.29) is 24.0 Å². The van der Waals surface area contributed by atoms with E-state index in [0.717, 1.165) is 51.4 Å². The zero-order valence-electron chi connectivity index (χ0n) is 16.2. The maximum atomic E-state index is 4.31. The van der Waals surface area contributed by atoms with Crippen molar-refractivity contribution in [2.75, 3.05) is 33.2 Å². The van der Waals surface area contributed by atoms with Gasteiger partial charge in [-0.25, -0.2) is 0 Å². The number of halogens is 1. The van der Waals surface area contributed by atoms with Gasteiger partial charge in [0.1, 0.15) is 12.7 Å². The van der Waals surface area contributed by atoms with Crippen LogP contribution in [0, 0.1) is 0 Å². The molecule has 1 rings (SSSR count). The van der Waals surface area contributed by atoms with Crippen LogP contribution in [-0.2, 0) is 6.54 Å². The molecule has 2 N–H and O–H groups in total. The number of rotatable bonds is 12. The standard InChI is InChI=1S/C17H35N7.HI/c1-5-23(6-2)13-9-10-16(3)22-17(18-4)19-11-7-8-12-24-14-20-21-15-24;/h14-16H,5-13H2,1-4H3,(H2,18,19,22);1H. The smallest absolute Gasteiger partial charge is 0.191 e. The monoisotopic (exact) mass is 465 g/mol. The van der Waals surface area contributed by atoms with Gasteiger partial charge in [-0.15, -0.1) is 34.2 Å². The van der Waals surface area contributed by atoms with E-state index in [4.69, 9.17) is 0 Å². The lowest BCUT2D eigenvalue weighted by Crippen LogP contribution is -2.42. The molecular weight excluding hydrogens is 429 g/mol. The SMILES string of the molecule is CCN(CC)CCCC(C)NC(=NC)NCCCCn1cnnc1.I.